The molecule has 2 aromatic rings. The number of anilines is 2. The molecule has 2 rings (SSSR count). The third kappa shape index (κ3) is 3.02. The maximum atomic E-state index is 13.2. The second-order valence-electron chi connectivity index (χ2n) is 4.25. The van der Waals surface area contributed by atoms with Crippen LogP contribution in [0.15, 0.2) is 41.3 Å². The van der Waals surface area contributed by atoms with E-state index in [1.807, 2.05) is 0 Å². The van der Waals surface area contributed by atoms with E-state index in [0.717, 1.165) is 6.07 Å². The van der Waals surface area contributed by atoms with Crippen molar-refractivity contribution in [3.8, 4) is 0 Å². The van der Waals surface area contributed by atoms with E-state index in [9.17, 15) is 12.8 Å². The average molecular weight is 315 g/mol. The third-order valence-electron chi connectivity index (χ3n) is 2.69. The molecule has 0 aliphatic heterocycles. The van der Waals surface area contributed by atoms with Crippen LogP contribution in [0.5, 0.6) is 0 Å². The molecule has 0 bridgehead atoms. The lowest BCUT2D eigenvalue weighted by Crippen LogP contribution is -2.14. The van der Waals surface area contributed by atoms with Gasteiger partial charge in [-0.2, -0.15) is 0 Å². The Morgan fingerprint density at radius 3 is 2.60 bits per heavy atom. The number of sulfonamides is 1. The standard InChI is InChI=1S/C13H12ClFN2O2S/c1-8-2-3-9(15)6-12(8)17-20(18,19)13-7-10(16)4-5-11(13)14/h2-7,17H,16H2,1H3. The zero-order valence-corrected chi connectivity index (χ0v) is 12.1. The maximum Gasteiger partial charge on any atom is 0.263 e. The van der Waals surface area contributed by atoms with Gasteiger partial charge in [0.15, 0.2) is 0 Å². The molecule has 0 aliphatic rings. The Bertz CT molecular complexity index is 763. The molecular formula is C13H12ClFN2O2S. The zero-order valence-electron chi connectivity index (χ0n) is 10.5. The fraction of sp³-hybridized carbons (Fsp3) is 0.0769. The van der Waals surface area contributed by atoms with Gasteiger partial charge in [0.2, 0.25) is 0 Å². The third-order valence-corrected chi connectivity index (χ3v) is 4.54. The van der Waals surface area contributed by atoms with Crippen LogP contribution in [0.3, 0.4) is 0 Å². The van der Waals surface area contributed by atoms with E-state index < -0.39 is 15.8 Å². The van der Waals surface area contributed by atoms with Crippen molar-refractivity contribution in [1.82, 2.24) is 0 Å². The predicted molar refractivity (Wildman–Crippen MR) is 77.8 cm³/mol. The average Bonchev–Trinajstić information content (AvgIpc) is 2.36. The molecule has 0 unspecified atom stereocenters. The van der Waals surface area contributed by atoms with Crippen LogP contribution in [-0.4, -0.2) is 8.42 Å². The summed E-state index contributed by atoms with van der Waals surface area (Å²) >= 11 is 5.87. The zero-order chi connectivity index (χ0) is 14.9. The van der Waals surface area contributed by atoms with Gasteiger partial charge < -0.3 is 5.73 Å². The normalized spacial score (nSPS) is 11.3. The minimum atomic E-state index is -3.93. The fourth-order valence-electron chi connectivity index (χ4n) is 1.63. The van der Waals surface area contributed by atoms with Crippen molar-refractivity contribution in [2.24, 2.45) is 0 Å². The molecule has 0 radical (unpaired) electrons. The first-order valence-corrected chi connectivity index (χ1v) is 7.50. The van der Waals surface area contributed by atoms with Crippen LogP contribution in [0.4, 0.5) is 15.8 Å². The van der Waals surface area contributed by atoms with Crippen molar-refractivity contribution >= 4 is 33.0 Å². The molecule has 0 saturated heterocycles. The molecule has 0 saturated carbocycles. The van der Waals surface area contributed by atoms with E-state index >= 15 is 0 Å². The Labute approximate surface area is 121 Å². The first-order chi connectivity index (χ1) is 9.29. The highest BCUT2D eigenvalue weighted by Gasteiger charge is 2.19. The van der Waals surface area contributed by atoms with E-state index in [4.69, 9.17) is 17.3 Å². The van der Waals surface area contributed by atoms with Gasteiger partial charge in [-0.25, -0.2) is 12.8 Å². The number of aryl methyl sites for hydroxylation is 1. The molecule has 0 aliphatic carbocycles. The Morgan fingerprint density at radius 2 is 1.90 bits per heavy atom. The number of halogens is 2. The minimum Gasteiger partial charge on any atom is -0.399 e. The van der Waals surface area contributed by atoms with Crippen LogP contribution in [0.25, 0.3) is 0 Å². The summed E-state index contributed by atoms with van der Waals surface area (Å²) in [5, 5.41) is 0.0424. The predicted octanol–water partition coefficient (Wildman–Crippen LogP) is 3.17. The fourth-order valence-corrected chi connectivity index (χ4v) is 3.29. The Kier molecular flexibility index (Phi) is 3.87. The van der Waals surface area contributed by atoms with Crippen molar-refractivity contribution in [2.45, 2.75) is 11.8 Å². The van der Waals surface area contributed by atoms with Crippen molar-refractivity contribution < 1.29 is 12.8 Å². The van der Waals surface area contributed by atoms with Gasteiger partial charge >= 0.3 is 0 Å². The SMILES string of the molecule is Cc1ccc(F)cc1NS(=O)(=O)c1cc(N)ccc1Cl. The number of nitrogens with one attached hydrogen (secondary N) is 1. The molecule has 3 N–H and O–H groups in total. The molecule has 106 valence electrons. The van der Waals surface area contributed by atoms with Crippen LogP contribution in [0.1, 0.15) is 5.56 Å². The largest absolute Gasteiger partial charge is 0.399 e. The minimum absolute atomic E-state index is 0.0424. The summed E-state index contributed by atoms with van der Waals surface area (Å²) in [6.45, 7) is 1.66. The topological polar surface area (TPSA) is 72.2 Å². The van der Waals surface area contributed by atoms with Gasteiger partial charge in [0, 0.05) is 5.69 Å². The smallest absolute Gasteiger partial charge is 0.263 e. The highest BCUT2D eigenvalue weighted by Crippen LogP contribution is 2.27. The van der Waals surface area contributed by atoms with Crippen LogP contribution in [-0.2, 0) is 10.0 Å². The lowest BCUT2D eigenvalue weighted by Gasteiger charge is -2.12. The molecule has 0 atom stereocenters. The first-order valence-electron chi connectivity index (χ1n) is 5.63. The van der Waals surface area contributed by atoms with Crippen LogP contribution < -0.4 is 10.5 Å². The van der Waals surface area contributed by atoms with E-state index in [1.165, 1.54) is 30.3 Å². The van der Waals surface area contributed by atoms with Crippen molar-refractivity contribution in [1.29, 1.82) is 0 Å². The second kappa shape index (κ2) is 5.30. The van der Waals surface area contributed by atoms with Crippen LogP contribution >= 0.6 is 11.6 Å². The van der Waals surface area contributed by atoms with Gasteiger partial charge in [-0.05, 0) is 42.8 Å². The van der Waals surface area contributed by atoms with E-state index in [-0.39, 0.29) is 21.3 Å². The summed E-state index contributed by atoms with van der Waals surface area (Å²) in [6, 6.07) is 7.97. The Hall–Kier alpha value is -1.79. The van der Waals surface area contributed by atoms with Crippen molar-refractivity contribution in [3.05, 3.63) is 52.8 Å². The molecule has 0 spiro atoms. The summed E-state index contributed by atoms with van der Waals surface area (Å²) in [5.74, 6) is -0.535. The summed E-state index contributed by atoms with van der Waals surface area (Å²) in [5.41, 5.74) is 6.58. The lowest BCUT2D eigenvalue weighted by molar-refractivity contribution is 0.601. The van der Waals surface area contributed by atoms with Crippen LogP contribution in [0.2, 0.25) is 5.02 Å². The summed E-state index contributed by atoms with van der Waals surface area (Å²) in [6.07, 6.45) is 0. The first kappa shape index (κ1) is 14.6. The highest BCUT2D eigenvalue weighted by atomic mass is 35.5. The maximum absolute atomic E-state index is 13.2. The van der Waals surface area contributed by atoms with Crippen LogP contribution in [0, 0.1) is 12.7 Å². The van der Waals surface area contributed by atoms with Gasteiger partial charge in [-0.1, -0.05) is 17.7 Å². The molecule has 2 aromatic carbocycles. The van der Waals surface area contributed by atoms with Crippen molar-refractivity contribution in [3.63, 3.8) is 0 Å². The molecule has 4 nitrogen and oxygen atoms in total. The van der Waals surface area contributed by atoms with Gasteiger partial charge in [0.1, 0.15) is 10.7 Å². The summed E-state index contributed by atoms with van der Waals surface area (Å²) in [4.78, 5) is -0.150. The Morgan fingerprint density at radius 1 is 1.20 bits per heavy atom. The summed E-state index contributed by atoms with van der Waals surface area (Å²) in [7, 11) is -3.93. The molecule has 20 heavy (non-hydrogen) atoms. The molecule has 0 amide bonds. The van der Waals surface area contributed by atoms with Gasteiger partial charge in [-0.3, -0.25) is 4.72 Å². The molecule has 0 aromatic heterocycles. The van der Waals surface area contributed by atoms with Gasteiger partial charge in [0.05, 0.1) is 10.7 Å². The number of rotatable bonds is 3. The number of benzene rings is 2. The summed E-state index contributed by atoms with van der Waals surface area (Å²) < 4.78 is 40.0. The monoisotopic (exact) mass is 314 g/mol. The van der Waals surface area contributed by atoms with Crippen molar-refractivity contribution in [2.75, 3.05) is 10.5 Å². The van der Waals surface area contributed by atoms with E-state index in [2.05, 4.69) is 4.72 Å². The van der Waals surface area contributed by atoms with E-state index in [0.29, 0.717) is 5.56 Å². The highest BCUT2D eigenvalue weighted by molar-refractivity contribution is 7.92. The lowest BCUT2D eigenvalue weighted by atomic mass is 10.2. The second-order valence-corrected chi connectivity index (χ2v) is 6.31. The number of hydrogen-bond donors (Lipinski definition) is 2. The number of nitrogens with two attached hydrogens (primary N) is 1. The van der Waals surface area contributed by atoms with Gasteiger partial charge in [0.25, 0.3) is 10.0 Å². The van der Waals surface area contributed by atoms with E-state index in [1.54, 1.807) is 6.92 Å². The molecular weight excluding hydrogens is 303 g/mol. The molecule has 0 fully saturated rings. The van der Waals surface area contributed by atoms with Gasteiger partial charge in [-0.15, -0.1) is 0 Å². The quantitative estimate of drug-likeness (QED) is 0.855. The molecule has 7 heteroatoms. The Balaban J connectivity index is 2.46. The molecule has 0 heterocycles. The number of hydrogen-bond acceptors (Lipinski definition) is 3. The number of nitrogen functional groups attached to an aromatic ring is 1.